The molecule has 0 aromatic heterocycles. The van der Waals surface area contributed by atoms with Gasteiger partial charge in [-0.25, -0.2) is 4.79 Å². The van der Waals surface area contributed by atoms with Gasteiger partial charge in [0.05, 0.1) is 13.7 Å². The van der Waals surface area contributed by atoms with Gasteiger partial charge in [-0.1, -0.05) is 6.07 Å². The van der Waals surface area contributed by atoms with E-state index in [0.717, 1.165) is 25.0 Å². The molecule has 1 unspecified atom stereocenters. The number of rotatable bonds is 6. The summed E-state index contributed by atoms with van der Waals surface area (Å²) < 4.78 is 5.28. The summed E-state index contributed by atoms with van der Waals surface area (Å²) in [6.45, 7) is 0.770. The molecule has 21 heavy (non-hydrogen) atoms. The van der Waals surface area contributed by atoms with Crippen molar-refractivity contribution in [3.63, 3.8) is 0 Å². The molecule has 0 saturated heterocycles. The van der Waals surface area contributed by atoms with Gasteiger partial charge in [0.2, 0.25) is 0 Å². The maximum atomic E-state index is 10.5. The molecule has 0 fully saturated rings. The van der Waals surface area contributed by atoms with Crippen LogP contribution in [0.5, 0.6) is 5.75 Å². The minimum atomic E-state index is -1.32. The lowest BCUT2D eigenvalue weighted by atomic mass is 9.87. The average molecular weight is 294 g/mol. The lowest BCUT2D eigenvalue weighted by molar-refractivity contribution is -0.0641. The van der Waals surface area contributed by atoms with Crippen LogP contribution >= 0.6 is 0 Å². The second kappa shape index (κ2) is 7.28. The maximum absolute atomic E-state index is 10.5. The van der Waals surface area contributed by atoms with Gasteiger partial charge in [0.15, 0.2) is 0 Å². The van der Waals surface area contributed by atoms with E-state index in [1.807, 2.05) is 6.07 Å². The fraction of sp³-hybridized carbons (Fsp3) is 0.533. The molecule has 0 spiro atoms. The number of aryl methyl sites for hydroxylation is 1. The molecule has 2 rings (SSSR count). The molecular formula is C15H22N2O4. The Morgan fingerprint density at radius 3 is 3.05 bits per heavy atom. The Balaban J connectivity index is 1.89. The van der Waals surface area contributed by atoms with Crippen LogP contribution in [0.15, 0.2) is 18.2 Å². The van der Waals surface area contributed by atoms with Crippen LogP contribution < -0.4 is 10.1 Å². The summed E-state index contributed by atoms with van der Waals surface area (Å²) in [7, 11) is 1.66. The molecule has 1 atom stereocenters. The summed E-state index contributed by atoms with van der Waals surface area (Å²) in [5, 5.41) is 21.4. The Morgan fingerprint density at radius 2 is 2.33 bits per heavy atom. The number of ether oxygens (including phenoxy) is 1. The predicted molar refractivity (Wildman–Crippen MR) is 77.8 cm³/mol. The van der Waals surface area contributed by atoms with Crippen LogP contribution in [0.2, 0.25) is 0 Å². The van der Waals surface area contributed by atoms with Gasteiger partial charge < -0.3 is 15.2 Å². The van der Waals surface area contributed by atoms with Crippen LogP contribution in [0.1, 0.15) is 36.4 Å². The number of amides is 1. The second-order valence-corrected chi connectivity index (χ2v) is 5.22. The van der Waals surface area contributed by atoms with Crippen LogP contribution in [0.4, 0.5) is 4.79 Å². The number of nitrogens with one attached hydrogen (secondary N) is 1. The van der Waals surface area contributed by atoms with Crippen molar-refractivity contribution >= 4 is 6.09 Å². The summed E-state index contributed by atoms with van der Waals surface area (Å²) >= 11 is 0. The van der Waals surface area contributed by atoms with E-state index in [1.54, 1.807) is 7.11 Å². The molecule has 0 heterocycles. The molecule has 6 heteroatoms. The summed E-state index contributed by atoms with van der Waals surface area (Å²) in [6, 6.07) is 6.43. The van der Waals surface area contributed by atoms with E-state index < -0.39 is 6.09 Å². The molecule has 0 aliphatic heterocycles. The molecular weight excluding hydrogens is 272 g/mol. The zero-order valence-corrected chi connectivity index (χ0v) is 12.2. The number of hydroxylamine groups is 2. The van der Waals surface area contributed by atoms with Crippen molar-refractivity contribution in [2.75, 3.05) is 20.2 Å². The Kier molecular flexibility index (Phi) is 5.41. The van der Waals surface area contributed by atoms with Crippen LogP contribution in [0.3, 0.4) is 0 Å². The van der Waals surface area contributed by atoms with Gasteiger partial charge in [-0.3, -0.25) is 5.21 Å². The molecule has 116 valence electrons. The van der Waals surface area contributed by atoms with Crippen molar-refractivity contribution in [1.82, 2.24) is 10.4 Å². The van der Waals surface area contributed by atoms with Crippen LogP contribution in [0, 0.1) is 0 Å². The molecule has 1 aromatic carbocycles. The predicted octanol–water partition coefficient (Wildman–Crippen LogP) is 2.42. The van der Waals surface area contributed by atoms with Gasteiger partial charge in [0.25, 0.3) is 0 Å². The Morgan fingerprint density at radius 1 is 1.52 bits per heavy atom. The maximum Gasteiger partial charge on any atom is 0.431 e. The largest absolute Gasteiger partial charge is 0.497 e. The number of hydrogen-bond donors (Lipinski definition) is 3. The van der Waals surface area contributed by atoms with E-state index in [4.69, 9.17) is 15.1 Å². The SMILES string of the molecule is COc1ccc2c(c1)C(NCCCN(O)C(=O)O)CCC2. The normalized spacial score (nSPS) is 17.1. The van der Waals surface area contributed by atoms with Gasteiger partial charge in [0, 0.05) is 6.04 Å². The number of carboxylic acid groups (broad SMARTS) is 1. The molecule has 1 amide bonds. The number of hydrogen-bond acceptors (Lipinski definition) is 4. The third-order valence-corrected chi connectivity index (χ3v) is 3.83. The third-order valence-electron chi connectivity index (χ3n) is 3.83. The topological polar surface area (TPSA) is 82.0 Å². The van der Waals surface area contributed by atoms with Crippen molar-refractivity contribution in [2.45, 2.75) is 31.7 Å². The molecule has 0 radical (unpaired) electrons. The first-order valence-electron chi connectivity index (χ1n) is 7.21. The lowest BCUT2D eigenvalue weighted by Crippen LogP contribution is -2.31. The molecule has 0 saturated carbocycles. The molecule has 6 nitrogen and oxygen atoms in total. The molecule has 1 aromatic rings. The monoisotopic (exact) mass is 294 g/mol. The van der Waals surface area contributed by atoms with Crippen molar-refractivity contribution < 1.29 is 19.8 Å². The fourth-order valence-electron chi connectivity index (χ4n) is 2.72. The van der Waals surface area contributed by atoms with Crippen molar-refractivity contribution in [1.29, 1.82) is 0 Å². The first-order valence-corrected chi connectivity index (χ1v) is 7.21. The third kappa shape index (κ3) is 4.09. The van der Waals surface area contributed by atoms with E-state index in [1.165, 1.54) is 11.1 Å². The van der Waals surface area contributed by atoms with Crippen molar-refractivity contribution in [3.05, 3.63) is 29.3 Å². The van der Waals surface area contributed by atoms with E-state index >= 15 is 0 Å². The van der Waals surface area contributed by atoms with Gasteiger partial charge >= 0.3 is 6.09 Å². The number of benzene rings is 1. The summed E-state index contributed by atoms with van der Waals surface area (Å²) in [6.07, 6.45) is 2.53. The molecule has 1 aliphatic carbocycles. The van der Waals surface area contributed by atoms with Gasteiger partial charge in [-0.15, -0.1) is 0 Å². The second-order valence-electron chi connectivity index (χ2n) is 5.22. The summed E-state index contributed by atoms with van der Waals surface area (Å²) in [5.41, 5.74) is 2.61. The number of carbonyl (C=O) groups is 1. The van der Waals surface area contributed by atoms with Crippen molar-refractivity contribution in [2.24, 2.45) is 0 Å². The fourth-order valence-corrected chi connectivity index (χ4v) is 2.72. The highest BCUT2D eigenvalue weighted by Crippen LogP contribution is 2.32. The minimum Gasteiger partial charge on any atom is -0.497 e. The van der Waals surface area contributed by atoms with E-state index in [2.05, 4.69) is 17.4 Å². The van der Waals surface area contributed by atoms with Gasteiger partial charge in [-0.2, -0.15) is 5.06 Å². The summed E-state index contributed by atoms with van der Waals surface area (Å²) in [4.78, 5) is 10.5. The highest BCUT2D eigenvalue weighted by Gasteiger charge is 2.20. The Labute approximate surface area is 124 Å². The van der Waals surface area contributed by atoms with E-state index in [9.17, 15) is 4.79 Å². The standard InChI is InChI=1S/C15H22N2O4/c1-21-12-7-6-11-4-2-5-14(13(11)10-12)16-8-3-9-17(20)15(18)19/h6-7,10,14,16,20H,2-5,8-9H2,1H3,(H,18,19). The molecule has 0 bridgehead atoms. The Hall–Kier alpha value is -1.79. The van der Waals surface area contributed by atoms with Gasteiger partial charge in [-0.05, 0) is 55.5 Å². The quantitative estimate of drug-likeness (QED) is 0.426. The first-order chi connectivity index (χ1) is 10.1. The zero-order chi connectivity index (χ0) is 15.2. The molecule has 1 aliphatic rings. The Bertz CT molecular complexity index is 493. The highest BCUT2D eigenvalue weighted by atomic mass is 16.6. The highest BCUT2D eigenvalue weighted by molar-refractivity contribution is 5.63. The molecule has 3 N–H and O–H groups in total. The van der Waals surface area contributed by atoms with Crippen LogP contribution in [-0.2, 0) is 6.42 Å². The average Bonchev–Trinajstić information content (AvgIpc) is 2.50. The number of methoxy groups -OCH3 is 1. The van der Waals surface area contributed by atoms with E-state index in [-0.39, 0.29) is 12.6 Å². The van der Waals surface area contributed by atoms with Gasteiger partial charge in [0.1, 0.15) is 5.75 Å². The zero-order valence-electron chi connectivity index (χ0n) is 12.2. The first kappa shape index (κ1) is 15.6. The smallest absolute Gasteiger partial charge is 0.431 e. The number of nitrogens with zero attached hydrogens (tertiary/aromatic N) is 1. The van der Waals surface area contributed by atoms with E-state index in [0.29, 0.717) is 18.0 Å². The number of fused-ring (bicyclic) bond motifs is 1. The summed E-state index contributed by atoms with van der Waals surface area (Å²) in [5.74, 6) is 0.856. The minimum absolute atomic E-state index is 0.111. The van der Waals surface area contributed by atoms with Crippen LogP contribution in [-0.4, -0.2) is 41.7 Å². The van der Waals surface area contributed by atoms with Crippen LogP contribution in [0.25, 0.3) is 0 Å². The lowest BCUT2D eigenvalue weighted by Gasteiger charge is -2.27. The van der Waals surface area contributed by atoms with Crippen molar-refractivity contribution in [3.8, 4) is 5.75 Å².